The molecule has 0 aromatic heterocycles. The Morgan fingerprint density at radius 3 is 2.81 bits per heavy atom. The summed E-state index contributed by atoms with van der Waals surface area (Å²) in [5.41, 5.74) is 1.66. The lowest BCUT2D eigenvalue weighted by Gasteiger charge is -2.50. The van der Waals surface area contributed by atoms with Gasteiger partial charge in [0.25, 0.3) is 5.91 Å². The Kier molecular flexibility index (Phi) is 3.66. The van der Waals surface area contributed by atoms with Crippen molar-refractivity contribution in [3.05, 3.63) is 29.3 Å². The van der Waals surface area contributed by atoms with Crippen molar-refractivity contribution in [2.75, 3.05) is 20.2 Å². The summed E-state index contributed by atoms with van der Waals surface area (Å²) in [6.45, 7) is 5.41. The van der Waals surface area contributed by atoms with Gasteiger partial charge in [-0.3, -0.25) is 4.79 Å². The molecule has 4 nitrogen and oxygen atoms in total. The van der Waals surface area contributed by atoms with E-state index in [1.807, 2.05) is 30.0 Å². The van der Waals surface area contributed by atoms with Crippen molar-refractivity contribution < 1.29 is 14.3 Å². The van der Waals surface area contributed by atoms with Gasteiger partial charge in [-0.1, -0.05) is 6.07 Å². The molecule has 1 heterocycles. The van der Waals surface area contributed by atoms with E-state index in [0.717, 1.165) is 24.2 Å². The van der Waals surface area contributed by atoms with Crippen molar-refractivity contribution in [1.29, 1.82) is 0 Å². The summed E-state index contributed by atoms with van der Waals surface area (Å²) < 4.78 is 11.4. The SMILES string of the molecule is COc1cc(C(=O)N2CC(C)OC3(CCC3)C2)ccc1C. The first-order valence-corrected chi connectivity index (χ1v) is 7.65. The average molecular weight is 289 g/mol. The number of aryl methyl sites for hydroxylation is 1. The van der Waals surface area contributed by atoms with Gasteiger partial charge in [0, 0.05) is 12.1 Å². The first-order chi connectivity index (χ1) is 10.0. The molecule has 2 aliphatic rings. The molecule has 1 spiro atoms. The molecule has 4 heteroatoms. The van der Waals surface area contributed by atoms with Crippen LogP contribution in [0.25, 0.3) is 0 Å². The molecule has 114 valence electrons. The molecule has 1 aromatic rings. The van der Waals surface area contributed by atoms with Crippen LogP contribution in [0.2, 0.25) is 0 Å². The lowest BCUT2D eigenvalue weighted by molar-refractivity contribution is -0.176. The molecule has 1 atom stereocenters. The summed E-state index contributed by atoms with van der Waals surface area (Å²) in [6, 6.07) is 5.66. The van der Waals surface area contributed by atoms with Gasteiger partial charge < -0.3 is 14.4 Å². The van der Waals surface area contributed by atoms with Gasteiger partial charge in [-0.05, 0) is 50.8 Å². The Bertz CT molecular complexity index is 551. The second kappa shape index (κ2) is 5.34. The molecule has 0 radical (unpaired) electrons. The second-order valence-electron chi connectivity index (χ2n) is 6.34. The third-order valence-electron chi connectivity index (χ3n) is 4.61. The van der Waals surface area contributed by atoms with Gasteiger partial charge in [-0.25, -0.2) is 0 Å². The first kappa shape index (κ1) is 14.4. The fourth-order valence-corrected chi connectivity index (χ4v) is 3.36. The number of hydrogen-bond donors (Lipinski definition) is 0. The highest BCUT2D eigenvalue weighted by atomic mass is 16.5. The van der Waals surface area contributed by atoms with Crippen LogP contribution >= 0.6 is 0 Å². The molecule has 1 saturated heterocycles. The quantitative estimate of drug-likeness (QED) is 0.840. The highest BCUT2D eigenvalue weighted by Crippen LogP contribution is 2.40. The van der Waals surface area contributed by atoms with Crippen molar-refractivity contribution >= 4 is 5.91 Å². The molecule has 21 heavy (non-hydrogen) atoms. The lowest BCUT2D eigenvalue weighted by Crippen LogP contribution is -2.59. The minimum atomic E-state index is -0.0812. The zero-order valence-corrected chi connectivity index (χ0v) is 13.0. The van der Waals surface area contributed by atoms with E-state index in [1.54, 1.807) is 7.11 Å². The predicted molar refractivity (Wildman–Crippen MR) is 80.8 cm³/mol. The van der Waals surface area contributed by atoms with Gasteiger partial charge in [0.15, 0.2) is 0 Å². The smallest absolute Gasteiger partial charge is 0.254 e. The monoisotopic (exact) mass is 289 g/mol. The molecule has 1 amide bonds. The van der Waals surface area contributed by atoms with Gasteiger partial charge in [-0.15, -0.1) is 0 Å². The van der Waals surface area contributed by atoms with Crippen LogP contribution in [0.3, 0.4) is 0 Å². The molecule has 3 rings (SSSR count). The van der Waals surface area contributed by atoms with E-state index in [1.165, 1.54) is 6.42 Å². The van der Waals surface area contributed by atoms with Crippen molar-refractivity contribution in [2.24, 2.45) is 0 Å². The molecule has 1 aliphatic carbocycles. The number of amides is 1. The van der Waals surface area contributed by atoms with E-state index in [0.29, 0.717) is 18.7 Å². The van der Waals surface area contributed by atoms with Crippen LogP contribution in [0, 0.1) is 6.92 Å². The minimum absolute atomic E-state index is 0.0784. The third-order valence-corrected chi connectivity index (χ3v) is 4.61. The van der Waals surface area contributed by atoms with Crippen LogP contribution in [0.5, 0.6) is 5.75 Å². The lowest BCUT2D eigenvalue weighted by atomic mass is 9.78. The maximum absolute atomic E-state index is 12.8. The maximum atomic E-state index is 12.8. The molecule has 1 aromatic carbocycles. The number of benzene rings is 1. The Balaban J connectivity index is 1.81. The van der Waals surface area contributed by atoms with Crippen molar-refractivity contribution in [1.82, 2.24) is 4.90 Å². The predicted octanol–water partition coefficient (Wildman–Crippen LogP) is 2.79. The van der Waals surface area contributed by atoms with Crippen LogP contribution in [-0.4, -0.2) is 42.7 Å². The summed E-state index contributed by atoms with van der Waals surface area (Å²) in [5.74, 6) is 0.843. The zero-order valence-electron chi connectivity index (χ0n) is 13.0. The molecule has 1 saturated carbocycles. The molecular weight excluding hydrogens is 266 g/mol. The van der Waals surface area contributed by atoms with Gasteiger partial charge in [-0.2, -0.15) is 0 Å². The number of methoxy groups -OCH3 is 1. The summed E-state index contributed by atoms with van der Waals surface area (Å²) in [6.07, 6.45) is 3.44. The molecule has 0 N–H and O–H groups in total. The van der Waals surface area contributed by atoms with Crippen molar-refractivity contribution in [3.8, 4) is 5.75 Å². The molecule has 1 aliphatic heterocycles. The zero-order chi connectivity index (χ0) is 15.0. The molecular formula is C17H23NO3. The van der Waals surface area contributed by atoms with E-state index >= 15 is 0 Å². The van der Waals surface area contributed by atoms with Crippen molar-refractivity contribution in [2.45, 2.75) is 44.8 Å². The standard InChI is InChI=1S/C17H23NO3/c1-12-5-6-14(9-15(12)20-3)16(19)18-10-13(2)21-17(11-18)7-4-8-17/h5-6,9,13H,4,7-8,10-11H2,1-3H3. The average Bonchev–Trinajstić information content (AvgIpc) is 2.44. The number of morpholine rings is 1. The fourth-order valence-electron chi connectivity index (χ4n) is 3.36. The number of carbonyl (C=O) groups is 1. The second-order valence-corrected chi connectivity index (χ2v) is 6.34. The maximum Gasteiger partial charge on any atom is 0.254 e. The molecule has 1 unspecified atom stereocenters. The number of carbonyl (C=O) groups excluding carboxylic acids is 1. The van der Waals surface area contributed by atoms with Crippen LogP contribution in [0.4, 0.5) is 0 Å². The van der Waals surface area contributed by atoms with E-state index in [-0.39, 0.29) is 17.6 Å². The van der Waals surface area contributed by atoms with Crippen LogP contribution in [0.15, 0.2) is 18.2 Å². The third kappa shape index (κ3) is 2.64. The first-order valence-electron chi connectivity index (χ1n) is 7.65. The van der Waals surface area contributed by atoms with Crippen molar-refractivity contribution in [3.63, 3.8) is 0 Å². The van der Waals surface area contributed by atoms with E-state index < -0.39 is 0 Å². The van der Waals surface area contributed by atoms with Gasteiger partial charge >= 0.3 is 0 Å². The van der Waals surface area contributed by atoms with Gasteiger partial charge in [0.05, 0.1) is 25.4 Å². The fraction of sp³-hybridized carbons (Fsp3) is 0.588. The van der Waals surface area contributed by atoms with E-state index in [2.05, 4.69) is 6.92 Å². The highest BCUT2D eigenvalue weighted by Gasteiger charge is 2.45. The Morgan fingerprint density at radius 2 is 2.19 bits per heavy atom. The summed E-state index contributed by atoms with van der Waals surface area (Å²) in [7, 11) is 1.64. The summed E-state index contributed by atoms with van der Waals surface area (Å²) in [4.78, 5) is 14.7. The van der Waals surface area contributed by atoms with Crippen LogP contribution < -0.4 is 4.74 Å². The largest absolute Gasteiger partial charge is 0.496 e. The number of nitrogens with zero attached hydrogens (tertiary/aromatic N) is 1. The topological polar surface area (TPSA) is 38.8 Å². The van der Waals surface area contributed by atoms with E-state index in [9.17, 15) is 4.79 Å². The van der Waals surface area contributed by atoms with Crippen LogP contribution in [0.1, 0.15) is 42.1 Å². The van der Waals surface area contributed by atoms with Crippen LogP contribution in [-0.2, 0) is 4.74 Å². The Labute approximate surface area is 126 Å². The van der Waals surface area contributed by atoms with E-state index in [4.69, 9.17) is 9.47 Å². The van der Waals surface area contributed by atoms with Gasteiger partial charge in [0.2, 0.25) is 0 Å². The number of rotatable bonds is 2. The number of hydrogen-bond acceptors (Lipinski definition) is 3. The highest BCUT2D eigenvalue weighted by molar-refractivity contribution is 5.95. The molecule has 0 bridgehead atoms. The Hall–Kier alpha value is -1.55. The molecule has 2 fully saturated rings. The minimum Gasteiger partial charge on any atom is -0.496 e. The Morgan fingerprint density at radius 1 is 1.43 bits per heavy atom. The summed E-state index contributed by atoms with van der Waals surface area (Å²) in [5, 5.41) is 0. The summed E-state index contributed by atoms with van der Waals surface area (Å²) >= 11 is 0. The normalized spacial score (nSPS) is 23.8. The van der Waals surface area contributed by atoms with Gasteiger partial charge in [0.1, 0.15) is 5.75 Å². The number of ether oxygens (including phenoxy) is 2.